The summed E-state index contributed by atoms with van der Waals surface area (Å²) >= 11 is 1.60. The molecule has 0 N–H and O–H groups in total. The lowest BCUT2D eigenvalue weighted by Crippen LogP contribution is -2.31. The number of benzene rings is 3. The second-order valence-electron chi connectivity index (χ2n) is 9.92. The van der Waals surface area contributed by atoms with E-state index >= 15 is 0 Å². The molecule has 0 atom stereocenters. The van der Waals surface area contributed by atoms with Crippen LogP contribution in [0.3, 0.4) is 0 Å². The molecule has 0 aliphatic heterocycles. The average molecular weight is 631 g/mol. The van der Waals surface area contributed by atoms with E-state index in [-0.39, 0.29) is 28.9 Å². The zero-order valence-corrected chi connectivity index (χ0v) is 25.9. The van der Waals surface area contributed by atoms with Crippen LogP contribution in [0.2, 0.25) is 0 Å². The molecular formula is C32H31FN6O5S. The minimum atomic E-state index is -0.574. The third-order valence-corrected chi connectivity index (χ3v) is 7.71. The van der Waals surface area contributed by atoms with Crippen LogP contribution in [0.5, 0.6) is 11.5 Å². The SMILES string of the molecule is COc1ccc(CON(OCc2ccc(OC)c(-c3ccccc3-c3cn(F)nn3)c2SC(C)C)C(=O)c2cncnc2)cc1. The van der Waals surface area contributed by atoms with Crippen molar-refractivity contribution in [3.8, 4) is 33.9 Å². The number of hydrogen-bond acceptors (Lipinski definition) is 10. The lowest BCUT2D eigenvalue weighted by molar-refractivity contribution is -0.339. The predicted octanol–water partition coefficient (Wildman–Crippen LogP) is 6.36. The third kappa shape index (κ3) is 7.63. The van der Waals surface area contributed by atoms with Gasteiger partial charge in [0.05, 0.1) is 26.0 Å². The molecule has 11 nitrogen and oxygen atoms in total. The number of carbonyl (C=O) groups excluding carboxylic acids is 1. The van der Waals surface area contributed by atoms with Gasteiger partial charge in [0.15, 0.2) is 0 Å². The molecule has 5 rings (SSSR count). The van der Waals surface area contributed by atoms with Crippen LogP contribution in [-0.4, -0.2) is 55.8 Å². The molecule has 0 bridgehead atoms. The fourth-order valence-corrected chi connectivity index (χ4v) is 5.54. The molecule has 13 heteroatoms. The molecule has 0 spiro atoms. The molecule has 1 amide bonds. The van der Waals surface area contributed by atoms with Crippen LogP contribution >= 0.6 is 11.8 Å². The summed E-state index contributed by atoms with van der Waals surface area (Å²) in [6.07, 6.45) is 5.32. The number of ether oxygens (including phenoxy) is 2. The Morgan fingerprint density at radius 2 is 1.64 bits per heavy atom. The van der Waals surface area contributed by atoms with Crippen molar-refractivity contribution in [2.45, 2.75) is 37.2 Å². The topological polar surface area (TPSA) is 114 Å². The molecule has 0 unspecified atom stereocenters. The summed E-state index contributed by atoms with van der Waals surface area (Å²) < 4.78 is 24.9. The van der Waals surface area contributed by atoms with Crippen molar-refractivity contribution in [2.24, 2.45) is 0 Å². The Hall–Kier alpha value is -4.85. The number of methoxy groups -OCH3 is 2. The minimum absolute atomic E-state index is 0.0308. The third-order valence-electron chi connectivity index (χ3n) is 6.53. The maximum Gasteiger partial charge on any atom is 0.307 e. The highest BCUT2D eigenvalue weighted by Crippen LogP contribution is 2.45. The molecule has 45 heavy (non-hydrogen) atoms. The van der Waals surface area contributed by atoms with Crippen LogP contribution in [0, 0.1) is 0 Å². The Labute approximate surface area is 263 Å². The van der Waals surface area contributed by atoms with Crippen LogP contribution in [0.25, 0.3) is 22.4 Å². The Kier molecular flexibility index (Phi) is 10.3. The van der Waals surface area contributed by atoms with Crippen molar-refractivity contribution in [2.75, 3.05) is 14.2 Å². The van der Waals surface area contributed by atoms with E-state index in [1.54, 1.807) is 38.1 Å². The Bertz CT molecular complexity index is 1740. The van der Waals surface area contributed by atoms with Crippen LogP contribution in [0.1, 0.15) is 35.3 Å². The smallest absolute Gasteiger partial charge is 0.307 e. The van der Waals surface area contributed by atoms with E-state index in [1.807, 2.05) is 48.5 Å². The Morgan fingerprint density at radius 1 is 0.933 bits per heavy atom. The van der Waals surface area contributed by atoms with Crippen LogP contribution in [-0.2, 0) is 22.9 Å². The summed E-state index contributed by atoms with van der Waals surface area (Å²) in [5.74, 6) is 0.730. The van der Waals surface area contributed by atoms with E-state index in [9.17, 15) is 9.28 Å². The Morgan fingerprint density at radius 3 is 2.29 bits per heavy atom. The van der Waals surface area contributed by atoms with Crippen LogP contribution < -0.4 is 9.47 Å². The zero-order valence-electron chi connectivity index (χ0n) is 25.1. The largest absolute Gasteiger partial charge is 0.497 e. The monoisotopic (exact) mass is 630 g/mol. The van der Waals surface area contributed by atoms with E-state index in [1.165, 1.54) is 24.9 Å². The first-order valence-corrected chi connectivity index (χ1v) is 14.8. The number of amides is 1. The summed E-state index contributed by atoms with van der Waals surface area (Å²) in [7, 11) is 3.18. The molecule has 0 aliphatic carbocycles. The maximum atomic E-state index is 13.8. The van der Waals surface area contributed by atoms with Crippen molar-refractivity contribution >= 4 is 17.7 Å². The number of thioether (sulfide) groups is 1. The summed E-state index contributed by atoms with van der Waals surface area (Å²) in [6.45, 7) is 4.16. The van der Waals surface area contributed by atoms with Crippen molar-refractivity contribution in [3.05, 3.63) is 102 Å². The van der Waals surface area contributed by atoms with Crippen molar-refractivity contribution < 1.29 is 28.4 Å². The van der Waals surface area contributed by atoms with Gasteiger partial charge in [-0.2, -0.15) is 0 Å². The first-order chi connectivity index (χ1) is 21.9. The lowest BCUT2D eigenvalue weighted by Gasteiger charge is -2.24. The van der Waals surface area contributed by atoms with E-state index in [2.05, 4.69) is 34.1 Å². The first-order valence-electron chi connectivity index (χ1n) is 13.9. The second kappa shape index (κ2) is 14.8. The molecule has 2 heterocycles. The van der Waals surface area contributed by atoms with Crippen molar-refractivity contribution in [1.29, 1.82) is 0 Å². The van der Waals surface area contributed by atoms with Crippen LogP contribution in [0.4, 0.5) is 4.48 Å². The Balaban J connectivity index is 1.51. The van der Waals surface area contributed by atoms with E-state index in [0.29, 0.717) is 22.8 Å². The van der Waals surface area contributed by atoms with Gasteiger partial charge in [-0.15, -0.1) is 16.9 Å². The minimum Gasteiger partial charge on any atom is -0.497 e. The molecule has 0 radical (unpaired) electrons. The van der Waals surface area contributed by atoms with Gasteiger partial charge in [-0.05, 0) is 40.1 Å². The molecule has 232 valence electrons. The fourth-order valence-electron chi connectivity index (χ4n) is 4.46. The number of hydroxylamine groups is 2. The summed E-state index contributed by atoms with van der Waals surface area (Å²) in [4.78, 5) is 34.3. The molecule has 2 aromatic heterocycles. The van der Waals surface area contributed by atoms with Crippen LogP contribution in [0.15, 0.2) is 90.5 Å². The van der Waals surface area contributed by atoms with Gasteiger partial charge in [0.25, 0.3) is 0 Å². The number of aromatic nitrogens is 5. The van der Waals surface area contributed by atoms with E-state index in [4.69, 9.17) is 19.1 Å². The van der Waals surface area contributed by atoms with Gasteiger partial charge >= 0.3 is 5.91 Å². The molecule has 3 aromatic carbocycles. The maximum absolute atomic E-state index is 13.8. The number of rotatable bonds is 13. The normalized spacial score (nSPS) is 11.1. The quantitative estimate of drug-likeness (QED) is 0.108. The highest BCUT2D eigenvalue weighted by atomic mass is 32.2. The van der Waals surface area contributed by atoms with Gasteiger partial charge < -0.3 is 9.47 Å². The standard InChI is InChI=1S/C32H31FN6O5S/c1-21(2)45-31-23(11-14-29(42-4)30(31)27-8-6-5-7-26(27)28-17-38(33)37-36-28)19-44-39(32(40)24-15-34-20-35-16-24)43-18-22-9-12-25(41-3)13-10-22/h5-17,20-21H,18-19H2,1-4H3. The summed E-state index contributed by atoms with van der Waals surface area (Å²) in [5.41, 5.74) is 4.34. The second-order valence-corrected chi connectivity index (χ2v) is 11.5. The highest BCUT2D eigenvalue weighted by Gasteiger charge is 2.24. The van der Waals surface area contributed by atoms with E-state index in [0.717, 1.165) is 32.4 Å². The van der Waals surface area contributed by atoms with Gasteiger partial charge in [-0.3, -0.25) is 4.79 Å². The lowest BCUT2D eigenvalue weighted by atomic mass is 9.95. The number of carbonyl (C=O) groups is 1. The van der Waals surface area contributed by atoms with Gasteiger partial charge in [0.2, 0.25) is 0 Å². The van der Waals surface area contributed by atoms with Gasteiger partial charge in [-0.1, -0.05) is 70.9 Å². The van der Waals surface area contributed by atoms with Gasteiger partial charge in [0, 0.05) is 33.7 Å². The molecule has 0 saturated heterocycles. The fraction of sp³-hybridized carbons (Fsp3) is 0.219. The summed E-state index contributed by atoms with van der Waals surface area (Å²) in [6, 6.07) is 18.5. The van der Waals surface area contributed by atoms with Gasteiger partial charge in [-0.25, -0.2) is 19.6 Å². The molecular weight excluding hydrogens is 599 g/mol. The molecule has 0 saturated carbocycles. The molecule has 0 aliphatic rings. The number of halogens is 1. The molecule has 5 aromatic rings. The van der Waals surface area contributed by atoms with Crippen molar-refractivity contribution in [3.63, 3.8) is 0 Å². The number of nitrogens with zero attached hydrogens (tertiary/aromatic N) is 6. The highest BCUT2D eigenvalue weighted by molar-refractivity contribution is 8.00. The predicted molar refractivity (Wildman–Crippen MR) is 166 cm³/mol. The number of hydrogen-bond donors (Lipinski definition) is 0. The average Bonchev–Trinajstić information content (AvgIpc) is 3.51. The van der Waals surface area contributed by atoms with E-state index < -0.39 is 5.91 Å². The van der Waals surface area contributed by atoms with Crippen molar-refractivity contribution in [1.82, 2.24) is 30.4 Å². The summed E-state index contributed by atoms with van der Waals surface area (Å²) in [5, 5.41) is 8.48. The first kappa shape index (κ1) is 31.6. The zero-order chi connectivity index (χ0) is 31.8. The molecule has 0 fully saturated rings. The van der Waals surface area contributed by atoms with Gasteiger partial charge in [0.1, 0.15) is 36.7 Å².